The molecule has 0 bridgehead atoms. The van der Waals surface area contributed by atoms with E-state index < -0.39 is 11.7 Å². The van der Waals surface area contributed by atoms with Gasteiger partial charge in [0.1, 0.15) is 5.56 Å². The fourth-order valence-electron chi connectivity index (χ4n) is 4.74. The number of rotatable bonds is 6. The Bertz CT molecular complexity index is 1170. The minimum absolute atomic E-state index is 0.0712. The molecule has 2 saturated heterocycles. The molecule has 1 N–H and O–H groups in total. The van der Waals surface area contributed by atoms with Crippen molar-refractivity contribution in [3.05, 3.63) is 71.9 Å². The van der Waals surface area contributed by atoms with E-state index in [-0.39, 0.29) is 17.8 Å². The first-order valence-corrected chi connectivity index (χ1v) is 12.0. The monoisotopic (exact) mass is 498 g/mol. The number of nitrogens with zero attached hydrogens (tertiary/aromatic N) is 5. The average Bonchev–Trinajstić information content (AvgIpc) is 3.55. The van der Waals surface area contributed by atoms with Gasteiger partial charge >= 0.3 is 6.18 Å². The van der Waals surface area contributed by atoms with Crippen LogP contribution in [0.25, 0.3) is 0 Å². The third-order valence-corrected chi connectivity index (χ3v) is 6.75. The van der Waals surface area contributed by atoms with Gasteiger partial charge in [-0.3, -0.25) is 4.84 Å². The van der Waals surface area contributed by atoms with Crippen LogP contribution in [0.3, 0.4) is 0 Å². The predicted octanol–water partition coefficient (Wildman–Crippen LogP) is 5.26. The number of alkyl halides is 3. The summed E-state index contributed by atoms with van der Waals surface area (Å²) < 4.78 is 41.6. The molecule has 10 heteroatoms. The smallest absolute Gasteiger partial charge is 0.370 e. The summed E-state index contributed by atoms with van der Waals surface area (Å²) in [4.78, 5) is 18.4. The van der Waals surface area contributed by atoms with Crippen LogP contribution >= 0.6 is 0 Å². The molecule has 36 heavy (non-hydrogen) atoms. The molecule has 2 aliphatic heterocycles. The second kappa shape index (κ2) is 9.94. The Balaban J connectivity index is 1.38. The van der Waals surface area contributed by atoms with Crippen LogP contribution in [-0.4, -0.2) is 54.7 Å². The molecule has 0 radical (unpaired) electrons. The maximum atomic E-state index is 13.9. The van der Waals surface area contributed by atoms with Gasteiger partial charge in [0.2, 0.25) is 5.95 Å². The number of halogens is 3. The molecule has 0 unspecified atom stereocenters. The number of aromatic nitrogens is 2. The Morgan fingerprint density at radius 2 is 1.78 bits per heavy atom. The zero-order valence-electron chi connectivity index (χ0n) is 20.2. The molecule has 2 atom stereocenters. The first-order valence-electron chi connectivity index (χ1n) is 12.0. The fraction of sp³-hybridized carbons (Fsp3) is 0.385. The van der Waals surface area contributed by atoms with Crippen molar-refractivity contribution in [3.8, 4) is 0 Å². The van der Waals surface area contributed by atoms with Gasteiger partial charge < -0.3 is 15.1 Å². The highest BCUT2D eigenvalue weighted by atomic mass is 19.4. The van der Waals surface area contributed by atoms with E-state index >= 15 is 0 Å². The van der Waals surface area contributed by atoms with Crippen molar-refractivity contribution >= 4 is 23.1 Å². The highest BCUT2D eigenvalue weighted by Crippen LogP contribution is 2.41. The van der Waals surface area contributed by atoms with Crippen molar-refractivity contribution in [1.82, 2.24) is 14.9 Å². The van der Waals surface area contributed by atoms with Crippen LogP contribution in [0.2, 0.25) is 0 Å². The molecule has 190 valence electrons. The number of hydrogen-bond acceptors (Lipinski definition) is 7. The molecule has 7 nitrogen and oxygen atoms in total. The Morgan fingerprint density at radius 3 is 2.44 bits per heavy atom. The third kappa shape index (κ3) is 5.10. The highest BCUT2D eigenvalue weighted by Gasteiger charge is 2.40. The normalized spacial score (nSPS) is 20.4. The van der Waals surface area contributed by atoms with Crippen LogP contribution in [0.15, 0.2) is 60.8 Å². The summed E-state index contributed by atoms with van der Waals surface area (Å²) in [6.45, 7) is 2.25. The Hall–Kier alpha value is -3.37. The molecule has 2 fully saturated rings. The minimum Gasteiger partial charge on any atom is -0.370 e. The molecular weight excluding hydrogens is 469 g/mol. The number of hydrogen-bond donors (Lipinski definition) is 1. The van der Waals surface area contributed by atoms with Crippen molar-refractivity contribution in [3.63, 3.8) is 0 Å². The standard InChI is InChI=1S/C26H29F3N6O/c1-33(2)21-12-14-34(17-21)20-10-8-19(9-11-20)31-25-30-16-22(26(27,28)29)24(32-25)35-23(13-15-36-35)18-6-4-3-5-7-18/h3-11,16,21,23H,12-15,17H2,1-2H3,(H,30,31,32)/t21-,23-/m0/s1. The van der Waals surface area contributed by atoms with Gasteiger partial charge in [0.15, 0.2) is 5.82 Å². The number of hydroxylamine groups is 1. The van der Waals surface area contributed by atoms with E-state index in [1.54, 1.807) is 0 Å². The van der Waals surface area contributed by atoms with E-state index in [2.05, 4.69) is 39.2 Å². The van der Waals surface area contributed by atoms with E-state index in [9.17, 15) is 13.2 Å². The molecule has 2 aliphatic rings. The molecular formula is C26H29F3N6O. The van der Waals surface area contributed by atoms with E-state index in [0.29, 0.717) is 24.8 Å². The number of nitrogens with one attached hydrogen (secondary N) is 1. The van der Waals surface area contributed by atoms with Gasteiger partial charge in [-0.2, -0.15) is 18.2 Å². The Labute approximate surface area is 208 Å². The van der Waals surface area contributed by atoms with Crippen molar-refractivity contribution in [2.45, 2.75) is 31.1 Å². The van der Waals surface area contributed by atoms with Gasteiger partial charge in [0.25, 0.3) is 0 Å². The van der Waals surface area contributed by atoms with Crippen molar-refractivity contribution in [2.75, 3.05) is 49.1 Å². The van der Waals surface area contributed by atoms with Crippen LogP contribution in [-0.2, 0) is 11.0 Å². The molecule has 1 aromatic heterocycles. The van der Waals surface area contributed by atoms with Crippen molar-refractivity contribution in [1.29, 1.82) is 0 Å². The van der Waals surface area contributed by atoms with E-state index in [4.69, 9.17) is 4.84 Å². The molecule has 3 heterocycles. The van der Waals surface area contributed by atoms with Gasteiger partial charge in [-0.05, 0) is 50.3 Å². The lowest BCUT2D eigenvalue weighted by Crippen LogP contribution is -2.31. The van der Waals surface area contributed by atoms with Gasteiger partial charge in [0, 0.05) is 43.1 Å². The molecule has 0 spiro atoms. The lowest BCUT2D eigenvalue weighted by atomic mass is 10.0. The summed E-state index contributed by atoms with van der Waals surface area (Å²) in [5, 5.41) is 4.31. The highest BCUT2D eigenvalue weighted by molar-refractivity contribution is 5.61. The molecule has 5 rings (SSSR count). The molecule has 3 aromatic rings. The molecule has 0 amide bonds. The zero-order chi connectivity index (χ0) is 25.3. The van der Waals surface area contributed by atoms with Gasteiger partial charge in [-0.15, -0.1) is 0 Å². The largest absolute Gasteiger partial charge is 0.421 e. The van der Waals surface area contributed by atoms with Crippen LogP contribution in [0.1, 0.15) is 30.0 Å². The lowest BCUT2D eigenvalue weighted by Gasteiger charge is -2.26. The third-order valence-electron chi connectivity index (χ3n) is 6.75. The van der Waals surface area contributed by atoms with Crippen LogP contribution in [0.5, 0.6) is 0 Å². The minimum atomic E-state index is -4.62. The predicted molar refractivity (Wildman–Crippen MR) is 133 cm³/mol. The quantitative estimate of drug-likeness (QED) is 0.497. The van der Waals surface area contributed by atoms with Gasteiger partial charge in [-0.25, -0.2) is 10.0 Å². The number of anilines is 4. The summed E-state index contributed by atoms with van der Waals surface area (Å²) >= 11 is 0. The fourth-order valence-corrected chi connectivity index (χ4v) is 4.74. The molecule has 2 aromatic carbocycles. The maximum absolute atomic E-state index is 13.9. The summed E-state index contributed by atoms with van der Waals surface area (Å²) in [7, 11) is 4.18. The van der Waals surface area contributed by atoms with E-state index in [1.807, 2.05) is 54.6 Å². The zero-order valence-corrected chi connectivity index (χ0v) is 20.2. The summed E-state index contributed by atoms with van der Waals surface area (Å²) in [5.41, 5.74) is 1.73. The average molecular weight is 499 g/mol. The van der Waals surface area contributed by atoms with Crippen LogP contribution < -0.4 is 15.3 Å². The van der Waals surface area contributed by atoms with Crippen molar-refractivity contribution in [2.24, 2.45) is 0 Å². The number of benzene rings is 2. The van der Waals surface area contributed by atoms with Gasteiger partial charge in [0.05, 0.1) is 12.6 Å². The van der Waals surface area contributed by atoms with Crippen molar-refractivity contribution < 1.29 is 18.0 Å². The second-order valence-corrected chi connectivity index (χ2v) is 9.33. The summed E-state index contributed by atoms with van der Waals surface area (Å²) in [6.07, 6.45) is -2.14. The van der Waals surface area contributed by atoms with E-state index in [0.717, 1.165) is 37.0 Å². The molecule has 0 aliphatic carbocycles. The number of likely N-dealkylation sites (N-methyl/N-ethyl adjacent to an activating group) is 1. The maximum Gasteiger partial charge on any atom is 0.421 e. The Morgan fingerprint density at radius 1 is 1.03 bits per heavy atom. The van der Waals surface area contributed by atoms with Crippen LogP contribution in [0.4, 0.5) is 36.3 Å². The Kier molecular flexibility index (Phi) is 6.72. The topological polar surface area (TPSA) is 56.8 Å². The second-order valence-electron chi connectivity index (χ2n) is 9.33. The SMILES string of the molecule is CN(C)[C@H]1CCN(c2ccc(Nc3ncc(C(F)(F)F)c(N4OCC[C@H]4c4ccccc4)n3)cc2)C1. The summed E-state index contributed by atoms with van der Waals surface area (Å²) in [6, 6.07) is 17.3. The first kappa shape index (κ1) is 24.3. The van der Waals surface area contributed by atoms with Gasteiger partial charge in [-0.1, -0.05) is 30.3 Å². The van der Waals surface area contributed by atoms with Crippen LogP contribution in [0, 0.1) is 0 Å². The summed E-state index contributed by atoms with van der Waals surface area (Å²) in [5.74, 6) is -0.225. The first-order chi connectivity index (χ1) is 17.3. The lowest BCUT2D eigenvalue weighted by molar-refractivity contribution is -0.138. The molecule has 0 saturated carbocycles. The van der Waals surface area contributed by atoms with E-state index in [1.165, 1.54) is 5.06 Å².